The summed E-state index contributed by atoms with van der Waals surface area (Å²) >= 11 is 6.37. The minimum atomic E-state index is -0.146. The number of benzene rings is 1. The fourth-order valence-corrected chi connectivity index (χ4v) is 3.56. The van der Waals surface area contributed by atoms with Crippen LogP contribution in [-0.2, 0) is 0 Å². The van der Waals surface area contributed by atoms with Crippen molar-refractivity contribution in [3.05, 3.63) is 29.6 Å². The molecule has 1 aliphatic rings. The first-order chi connectivity index (χ1) is 10.2. The molecule has 0 spiro atoms. The average Bonchev–Trinajstić information content (AvgIpc) is 2.68. The van der Waals surface area contributed by atoms with E-state index in [-0.39, 0.29) is 5.38 Å². The number of para-hydroxylation sites is 1. The van der Waals surface area contributed by atoms with Crippen LogP contribution in [0.5, 0.6) is 0 Å². The molecule has 0 bridgehead atoms. The highest BCUT2D eigenvalue weighted by Crippen LogP contribution is 2.35. The molecule has 1 aromatic heterocycles. The second-order valence-electron chi connectivity index (χ2n) is 5.89. The molecule has 1 fully saturated rings. The normalized spacial score (nSPS) is 18.3. The highest BCUT2D eigenvalue weighted by Gasteiger charge is 2.23. The maximum Gasteiger partial charge on any atom is 0.128 e. The van der Waals surface area contributed by atoms with Gasteiger partial charge in [0.05, 0.1) is 16.5 Å². The average molecular weight is 302 g/mol. The summed E-state index contributed by atoms with van der Waals surface area (Å²) in [6, 6.07) is 8.54. The Balaban J connectivity index is 2.19. The van der Waals surface area contributed by atoms with Crippen molar-refractivity contribution in [3.8, 4) is 6.07 Å². The lowest BCUT2D eigenvalue weighted by molar-refractivity contribution is 0.440. The molecule has 1 unspecified atom stereocenters. The van der Waals surface area contributed by atoms with Crippen LogP contribution in [0.3, 0.4) is 0 Å². The van der Waals surface area contributed by atoms with Gasteiger partial charge in [-0.3, -0.25) is 0 Å². The van der Waals surface area contributed by atoms with Crippen LogP contribution in [0.1, 0.15) is 68.3 Å². The van der Waals surface area contributed by atoms with Gasteiger partial charge in [0, 0.05) is 6.04 Å². The molecule has 1 heterocycles. The van der Waals surface area contributed by atoms with Gasteiger partial charge in [0.2, 0.25) is 0 Å². The number of hydrogen-bond donors (Lipinski definition) is 0. The Morgan fingerprint density at radius 1 is 1.29 bits per heavy atom. The van der Waals surface area contributed by atoms with Gasteiger partial charge < -0.3 is 4.57 Å². The van der Waals surface area contributed by atoms with Gasteiger partial charge in [-0.15, -0.1) is 11.6 Å². The van der Waals surface area contributed by atoms with Crippen molar-refractivity contribution in [2.45, 2.75) is 56.9 Å². The van der Waals surface area contributed by atoms with Crippen LogP contribution in [-0.4, -0.2) is 9.55 Å². The SMILES string of the molecule is CC(Cl)c1nc2c(C#N)cccc2n1C1CCCCCC1. The highest BCUT2D eigenvalue weighted by atomic mass is 35.5. The Kier molecular flexibility index (Phi) is 4.17. The van der Waals surface area contributed by atoms with Crippen LogP contribution in [0.15, 0.2) is 18.2 Å². The van der Waals surface area contributed by atoms with Crippen molar-refractivity contribution in [2.24, 2.45) is 0 Å². The second kappa shape index (κ2) is 6.07. The number of nitriles is 1. The van der Waals surface area contributed by atoms with Crippen LogP contribution in [0.25, 0.3) is 11.0 Å². The molecule has 21 heavy (non-hydrogen) atoms. The molecule has 0 saturated heterocycles. The standard InChI is InChI=1S/C17H20ClN3/c1-12(18)17-20-16-13(11-19)7-6-10-15(16)21(17)14-8-4-2-3-5-9-14/h6-7,10,12,14H,2-5,8-9H2,1H3. The molecule has 1 saturated carbocycles. The molecule has 1 aliphatic carbocycles. The Morgan fingerprint density at radius 2 is 2.00 bits per heavy atom. The first kappa shape index (κ1) is 14.4. The Bertz CT molecular complexity index is 673. The van der Waals surface area contributed by atoms with Crippen molar-refractivity contribution >= 4 is 22.6 Å². The molecule has 3 rings (SSSR count). The predicted octanol–water partition coefficient (Wildman–Crippen LogP) is 5.10. The summed E-state index contributed by atoms with van der Waals surface area (Å²) in [5.74, 6) is 0.904. The van der Waals surface area contributed by atoms with E-state index in [2.05, 4.69) is 16.7 Å². The molecule has 0 amide bonds. The van der Waals surface area contributed by atoms with E-state index in [1.807, 2.05) is 19.1 Å². The van der Waals surface area contributed by atoms with Gasteiger partial charge in [-0.25, -0.2) is 4.98 Å². The zero-order chi connectivity index (χ0) is 14.8. The van der Waals surface area contributed by atoms with Crippen LogP contribution in [0.4, 0.5) is 0 Å². The Hall–Kier alpha value is -1.53. The number of nitrogens with zero attached hydrogens (tertiary/aromatic N) is 3. The first-order valence-electron chi connectivity index (χ1n) is 7.77. The van der Waals surface area contributed by atoms with Gasteiger partial charge in [0.25, 0.3) is 0 Å². The summed E-state index contributed by atoms with van der Waals surface area (Å²) in [6.07, 6.45) is 7.52. The summed E-state index contributed by atoms with van der Waals surface area (Å²) < 4.78 is 2.30. The van der Waals surface area contributed by atoms with Crippen molar-refractivity contribution in [1.82, 2.24) is 9.55 Å². The van der Waals surface area contributed by atoms with E-state index in [1.165, 1.54) is 38.5 Å². The molecule has 0 N–H and O–H groups in total. The van der Waals surface area contributed by atoms with E-state index in [0.29, 0.717) is 11.6 Å². The van der Waals surface area contributed by atoms with E-state index >= 15 is 0 Å². The lowest BCUT2D eigenvalue weighted by Crippen LogP contribution is -2.12. The summed E-state index contributed by atoms with van der Waals surface area (Å²) in [7, 11) is 0. The third-order valence-electron chi connectivity index (χ3n) is 4.41. The van der Waals surface area contributed by atoms with Crippen LogP contribution < -0.4 is 0 Å². The second-order valence-corrected chi connectivity index (χ2v) is 6.54. The Morgan fingerprint density at radius 3 is 2.62 bits per heavy atom. The molecule has 0 radical (unpaired) electrons. The Labute approximate surface area is 130 Å². The minimum absolute atomic E-state index is 0.146. The summed E-state index contributed by atoms with van der Waals surface area (Å²) in [5.41, 5.74) is 2.49. The van der Waals surface area contributed by atoms with E-state index in [4.69, 9.17) is 16.6 Å². The highest BCUT2D eigenvalue weighted by molar-refractivity contribution is 6.20. The molecule has 2 aromatic rings. The maximum atomic E-state index is 9.30. The minimum Gasteiger partial charge on any atom is -0.324 e. The van der Waals surface area contributed by atoms with E-state index in [1.54, 1.807) is 0 Å². The quantitative estimate of drug-likeness (QED) is 0.572. The van der Waals surface area contributed by atoms with E-state index in [9.17, 15) is 5.26 Å². The number of imidazole rings is 1. The van der Waals surface area contributed by atoms with Crippen molar-refractivity contribution in [2.75, 3.05) is 0 Å². The first-order valence-corrected chi connectivity index (χ1v) is 8.21. The van der Waals surface area contributed by atoms with Gasteiger partial charge in [-0.2, -0.15) is 5.26 Å². The zero-order valence-corrected chi connectivity index (χ0v) is 13.1. The number of halogens is 1. The number of hydrogen-bond acceptors (Lipinski definition) is 2. The molecular formula is C17H20ClN3. The number of alkyl halides is 1. The summed E-state index contributed by atoms with van der Waals surface area (Å²) in [6.45, 7) is 1.96. The molecule has 3 nitrogen and oxygen atoms in total. The van der Waals surface area contributed by atoms with Crippen LogP contribution in [0, 0.1) is 11.3 Å². The summed E-state index contributed by atoms with van der Waals surface area (Å²) in [4.78, 5) is 4.70. The van der Waals surface area contributed by atoms with Crippen molar-refractivity contribution in [3.63, 3.8) is 0 Å². The number of aromatic nitrogens is 2. The fraction of sp³-hybridized carbons (Fsp3) is 0.529. The molecule has 1 aromatic carbocycles. The third kappa shape index (κ3) is 2.65. The smallest absolute Gasteiger partial charge is 0.128 e. The van der Waals surface area contributed by atoms with Gasteiger partial charge >= 0.3 is 0 Å². The van der Waals surface area contributed by atoms with E-state index in [0.717, 1.165) is 16.9 Å². The maximum absolute atomic E-state index is 9.30. The molecule has 0 aliphatic heterocycles. The molecule has 110 valence electrons. The lowest BCUT2D eigenvalue weighted by Gasteiger charge is -2.21. The van der Waals surface area contributed by atoms with E-state index < -0.39 is 0 Å². The largest absolute Gasteiger partial charge is 0.324 e. The topological polar surface area (TPSA) is 41.6 Å². The number of rotatable bonds is 2. The molecule has 1 atom stereocenters. The van der Waals surface area contributed by atoms with Crippen molar-refractivity contribution < 1.29 is 0 Å². The van der Waals surface area contributed by atoms with Gasteiger partial charge in [0.15, 0.2) is 0 Å². The molecule has 4 heteroatoms. The fourth-order valence-electron chi connectivity index (χ4n) is 3.41. The van der Waals surface area contributed by atoms with Crippen LogP contribution in [0.2, 0.25) is 0 Å². The molecular weight excluding hydrogens is 282 g/mol. The zero-order valence-electron chi connectivity index (χ0n) is 12.3. The summed E-state index contributed by atoms with van der Waals surface area (Å²) in [5, 5.41) is 9.15. The van der Waals surface area contributed by atoms with Gasteiger partial charge in [-0.05, 0) is 31.9 Å². The van der Waals surface area contributed by atoms with Gasteiger partial charge in [0.1, 0.15) is 17.4 Å². The lowest BCUT2D eigenvalue weighted by atomic mass is 10.1. The van der Waals surface area contributed by atoms with Crippen LogP contribution >= 0.6 is 11.6 Å². The monoisotopic (exact) mass is 301 g/mol. The number of fused-ring (bicyclic) bond motifs is 1. The predicted molar refractivity (Wildman–Crippen MR) is 85.5 cm³/mol. The van der Waals surface area contributed by atoms with Crippen molar-refractivity contribution in [1.29, 1.82) is 5.26 Å². The third-order valence-corrected chi connectivity index (χ3v) is 4.61. The van der Waals surface area contributed by atoms with Gasteiger partial charge in [-0.1, -0.05) is 31.7 Å².